The molecule has 2 rings (SSSR count). The van der Waals surface area contributed by atoms with Crippen LogP contribution < -0.4 is 11.1 Å². The first-order chi connectivity index (χ1) is 8.54. The highest BCUT2D eigenvalue weighted by Crippen LogP contribution is 2.29. The quantitative estimate of drug-likeness (QED) is 0.463. The molecular formula is C11H18N4O3. The average Bonchev–Trinajstić information content (AvgIpc) is 2.63. The van der Waals surface area contributed by atoms with Crippen LogP contribution in [-0.4, -0.2) is 50.1 Å². The maximum atomic E-state index is 9.88. The Kier molecular flexibility index (Phi) is 3.65. The maximum absolute atomic E-state index is 9.88. The molecule has 6 N–H and O–H groups in total. The SMILES string of the molecule is Cc1c(N)ncnc1N[C@H]1C[C@@H](CO)[C@H](O)[C@@H]1O. The van der Waals surface area contributed by atoms with E-state index in [0.29, 0.717) is 23.6 Å². The van der Waals surface area contributed by atoms with E-state index in [2.05, 4.69) is 15.3 Å². The first-order valence-electron chi connectivity index (χ1n) is 5.85. The summed E-state index contributed by atoms with van der Waals surface area (Å²) in [7, 11) is 0. The summed E-state index contributed by atoms with van der Waals surface area (Å²) in [5.41, 5.74) is 6.37. The number of hydrogen-bond donors (Lipinski definition) is 5. The van der Waals surface area contributed by atoms with Gasteiger partial charge in [0.05, 0.1) is 12.1 Å². The minimum absolute atomic E-state index is 0.151. The van der Waals surface area contributed by atoms with E-state index in [-0.39, 0.29) is 18.6 Å². The fourth-order valence-corrected chi connectivity index (χ4v) is 2.23. The van der Waals surface area contributed by atoms with Gasteiger partial charge in [0, 0.05) is 18.1 Å². The summed E-state index contributed by atoms with van der Waals surface area (Å²) < 4.78 is 0. The highest BCUT2D eigenvalue weighted by atomic mass is 16.3. The van der Waals surface area contributed by atoms with E-state index in [9.17, 15) is 10.2 Å². The van der Waals surface area contributed by atoms with Crippen LogP contribution in [-0.2, 0) is 0 Å². The maximum Gasteiger partial charge on any atom is 0.134 e. The lowest BCUT2D eigenvalue weighted by molar-refractivity contribution is 0.00445. The van der Waals surface area contributed by atoms with Gasteiger partial charge in [-0.2, -0.15) is 0 Å². The third-order valence-electron chi connectivity index (χ3n) is 3.48. The Labute approximate surface area is 105 Å². The molecule has 4 atom stereocenters. The van der Waals surface area contributed by atoms with Gasteiger partial charge in [0.1, 0.15) is 24.1 Å². The van der Waals surface area contributed by atoms with Gasteiger partial charge in [0.25, 0.3) is 0 Å². The van der Waals surface area contributed by atoms with Crippen molar-refractivity contribution in [3.05, 3.63) is 11.9 Å². The molecule has 0 aliphatic heterocycles. The van der Waals surface area contributed by atoms with E-state index in [1.807, 2.05) is 0 Å². The second-order valence-electron chi connectivity index (χ2n) is 4.64. The number of nitrogens with one attached hydrogen (secondary N) is 1. The summed E-state index contributed by atoms with van der Waals surface area (Å²) in [5, 5.41) is 31.7. The van der Waals surface area contributed by atoms with Gasteiger partial charge in [-0.25, -0.2) is 9.97 Å². The van der Waals surface area contributed by atoms with Crippen LogP contribution in [0.2, 0.25) is 0 Å². The van der Waals surface area contributed by atoms with Crippen LogP contribution in [0.5, 0.6) is 0 Å². The van der Waals surface area contributed by atoms with E-state index in [4.69, 9.17) is 10.8 Å². The summed E-state index contributed by atoms with van der Waals surface area (Å²) in [4.78, 5) is 7.91. The zero-order valence-electron chi connectivity index (χ0n) is 10.1. The van der Waals surface area contributed by atoms with E-state index in [1.54, 1.807) is 6.92 Å². The summed E-state index contributed by atoms with van der Waals surface area (Å²) in [6, 6.07) is -0.356. The zero-order valence-corrected chi connectivity index (χ0v) is 10.1. The molecule has 0 amide bonds. The fraction of sp³-hybridized carbons (Fsp3) is 0.636. The van der Waals surface area contributed by atoms with E-state index in [0.717, 1.165) is 0 Å². The number of nitrogen functional groups attached to an aromatic ring is 1. The molecule has 1 saturated carbocycles. The normalized spacial score (nSPS) is 31.6. The molecule has 0 radical (unpaired) electrons. The van der Waals surface area contributed by atoms with E-state index in [1.165, 1.54) is 6.33 Å². The van der Waals surface area contributed by atoms with Crippen molar-refractivity contribution < 1.29 is 15.3 Å². The summed E-state index contributed by atoms with van der Waals surface area (Å²) in [6.45, 7) is 1.63. The van der Waals surface area contributed by atoms with E-state index >= 15 is 0 Å². The lowest BCUT2D eigenvalue weighted by Gasteiger charge is -2.19. The molecule has 1 aliphatic rings. The number of nitrogens with two attached hydrogens (primary N) is 1. The van der Waals surface area contributed by atoms with E-state index < -0.39 is 12.2 Å². The molecule has 0 bridgehead atoms. The van der Waals surface area contributed by atoms with Crippen LogP contribution >= 0.6 is 0 Å². The molecule has 1 aromatic heterocycles. The first-order valence-corrected chi connectivity index (χ1v) is 5.85. The second kappa shape index (κ2) is 5.05. The van der Waals surface area contributed by atoms with Crippen LogP contribution in [0.3, 0.4) is 0 Å². The van der Waals surface area contributed by atoms with Crippen LogP contribution in [0, 0.1) is 12.8 Å². The molecule has 1 heterocycles. The molecule has 7 nitrogen and oxygen atoms in total. The zero-order chi connectivity index (χ0) is 13.3. The number of anilines is 2. The van der Waals surface area contributed by atoms with Gasteiger partial charge in [0.2, 0.25) is 0 Å². The highest BCUT2D eigenvalue weighted by Gasteiger charge is 2.41. The summed E-state index contributed by atoms with van der Waals surface area (Å²) >= 11 is 0. The summed E-state index contributed by atoms with van der Waals surface area (Å²) in [6.07, 6.45) is -0.0431. The number of hydrogen-bond acceptors (Lipinski definition) is 7. The number of rotatable bonds is 3. The van der Waals surface area contributed by atoms with Crippen molar-refractivity contribution in [2.75, 3.05) is 17.7 Å². The Hall–Kier alpha value is -1.44. The number of aromatic nitrogens is 2. The topological polar surface area (TPSA) is 125 Å². The minimum Gasteiger partial charge on any atom is -0.396 e. The van der Waals surface area contributed by atoms with Crippen LogP contribution in [0.1, 0.15) is 12.0 Å². The smallest absolute Gasteiger partial charge is 0.134 e. The lowest BCUT2D eigenvalue weighted by Crippen LogP contribution is -2.35. The largest absolute Gasteiger partial charge is 0.396 e. The lowest BCUT2D eigenvalue weighted by atomic mass is 10.1. The van der Waals surface area contributed by atoms with Crippen molar-refractivity contribution in [1.29, 1.82) is 0 Å². The van der Waals surface area contributed by atoms with Gasteiger partial charge >= 0.3 is 0 Å². The summed E-state index contributed by atoms with van der Waals surface area (Å²) in [5.74, 6) is 0.591. The molecule has 1 fully saturated rings. The Bertz CT molecular complexity index is 429. The molecule has 18 heavy (non-hydrogen) atoms. The predicted molar refractivity (Wildman–Crippen MR) is 65.8 cm³/mol. The van der Waals surface area contributed by atoms with Crippen molar-refractivity contribution in [2.45, 2.75) is 31.6 Å². The Balaban J connectivity index is 2.13. The van der Waals surface area contributed by atoms with Crippen molar-refractivity contribution in [2.24, 2.45) is 5.92 Å². The highest BCUT2D eigenvalue weighted by molar-refractivity contribution is 5.54. The second-order valence-corrected chi connectivity index (χ2v) is 4.64. The first kappa shape index (κ1) is 13.0. The van der Waals surface area contributed by atoms with Crippen molar-refractivity contribution in [3.63, 3.8) is 0 Å². The van der Waals surface area contributed by atoms with Crippen LogP contribution in [0.4, 0.5) is 11.6 Å². The standard InChI is InChI=1S/C11H18N4O3/c1-5-10(12)13-4-14-11(5)15-7-2-6(3-16)8(17)9(7)18/h4,6-9,16-18H,2-3H2,1H3,(H3,12,13,14,15)/t6-,7-,8-,9+/m0/s1. The molecule has 0 aromatic carbocycles. The molecule has 0 saturated heterocycles. The third kappa shape index (κ3) is 2.24. The van der Waals surface area contributed by atoms with Gasteiger partial charge in [0.15, 0.2) is 0 Å². The Morgan fingerprint density at radius 2 is 2.11 bits per heavy atom. The van der Waals surface area contributed by atoms with Crippen molar-refractivity contribution in [3.8, 4) is 0 Å². The van der Waals surface area contributed by atoms with Gasteiger partial charge < -0.3 is 26.4 Å². The minimum atomic E-state index is -0.933. The van der Waals surface area contributed by atoms with Crippen molar-refractivity contribution in [1.82, 2.24) is 9.97 Å². The molecule has 0 spiro atoms. The predicted octanol–water partition coefficient (Wildman–Crippen LogP) is -1.12. The molecule has 1 aliphatic carbocycles. The Morgan fingerprint density at radius 3 is 2.72 bits per heavy atom. The van der Waals surface area contributed by atoms with Crippen molar-refractivity contribution >= 4 is 11.6 Å². The monoisotopic (exact) mass is 254 g/mol. The average molecular weight is 254 g/mol. The molecule has 1 aromatic rings. The fourth-order valence-electron chi connectivity index (χ4n) is 2.23. The van der Waals surface area contributed by atoms with Gasteiger partial charge in [-0.3, -0.25) is 0 Å². The third-order valence-corrected chi connectivity index (χ3v) is 3.48. The van der Waals surface area contributed by atoms with Gasteiger partial charge in [-0.1, -0.05) is 0 Å². The number of aliphatic hydroxyl groups is 3. The molecule has 100 valence electrons. The van der Waals surface area contributed by atoms with Gasteiger partial charge in [-0.15, -0.1) is 0 Å². The number of nitrogens with zero attached hydrogens (tertiary/aromatic N) is 2. The Morgan fingerprint density at radius 1 is 1.39 bits per heavy atom. The molecular weight excluding hydrogens is 236 g/mol. The molecule has 7 heteroatoms. The molecule has 0 unspecified atom stereocenters. The van der Waals surface area contributed by atoms with Crippen LogP contribution in [0.15, 0.2) is 6.33 Å². The number of aliphatic hydroxyl groups excluding tert-OH is 3. The van der Waals surface area contributed by atoms with Gasteiger partial charge in [-0.05, 0) is 13.3 Å². The van der Waals surface area contributed by atoms with Crippen LogP contribution in [0.25, 0.3) is 0 Å².